The van der Waals surface area contributed by atoms with Gasteiger partial charge in [0.25, 0.3) is 10.0 Å². The van der Waals surface area contributed by atoms with Crippen LogP contribution in [0.3, 0.4) is 0 Å². The summed E-state index contributed by atoms with van der Waals surface area (Å²) in [6.45, 7) is 0.982. The molecule has 0 aliphatic rings. The maximum Gasteiger partial charge on any atom is 0.335 e. The fourth-order valence-corrected chi connectivity index (χ4v) is 3.12. The molecular formula is C15H12F3NO5S. The number of carbonyl (C=O) groups is 1. The highest BCUT2D eigenvalue weighted by molar-refractivity contribution is 7.92. The van der Waals surface area contributed by atoms with E-state index in [0.717, 1.165) is 38.3 Å². The van der Waals surface area contributed by atoms with Gasteiger partial charge in [-0.2, -0.15) is 0 Å². The van der Waals surface area contributed by atoms with Crippen molar-refractivity contribution in [1.82, 2.24) is 0 Å². The fraction of sp³-hybridized carbons (Fsp3) is 0.133. The van der Waals surface area contributed by atoms with E-state index in [1.165, 1.54) is 0 Å². The van der Waals surface area contributed by atoms with Gasteiger partial charge in [-0.1, -0.05) is 6.07 Å². The number of aromatic carboxylic acids is 1. The summed E-state index contributed by atoms with van der Waals surface area (Å²) in [5.41, 5.74) is -2.11. The number of halogens is 3. The van der Waals surface area contributed by atoms with Crippen molar-refractivity contribution in [1.29, 1.82) is 0 Å². The monoisotopic (exact) mass is 375 g/mol. The minimum absolute atomic E-state index is 0.336. The lowest BCUT2D eigenvalue weighted by molar-refractivity contribution is 0.0696. The minimum Gasteiger partial charge on any atom is -0.491 e. The molecule has 0 heterocycles. The molecule has 0 aliphatic heterocycles. The van der Waals surface area contributed by atoms with E-state index in [4.69, 9.17) is 5.11 Å². The highest BCUT2D eigenvalue weighted by atomic mass is 32.2. The van der Waals surface area contributed by atoms with Gasteiger partial charge in [-0.3, -0.25) is 4.72 Å². The number of benzene rings is 2. The molecule has 0 fully saturated rings. The Morgan fingerprint density at radius 2 is 1.80 bits per heavy atom. The predicted molar refractivity (Wildman–Crippen MR) is 81.8 cm³/mol. The molecule has 0 unspecified atom stereocenters. The van der Waals surface area contributed by atoms with Crippen molar-refractivity contribution in [2.75, 3.05) is 11.8 Å². The minimum atomic E-state index is -4.54. The summed E-state index contributed by atoms with van der Waals surface area (Å²) in [7, 11) is -3.60. The van der Waals surface area contributed by atoms with Gasteiger partial charge in [0.1, 0.15) is 5.69 Å². The average Bonchev–Trinajstić information content (AvgIpc) is 2.57. The summed E-state index contributed by atoms with van der Waals surface area (Å²) < 4.78 is 72.9. The number of anilines is 1. The van der Waals surface area contributed by atoms with E-state index >= 15 is 0 Å². The summed E-state index contributed by atoms with van der Waals surface area (Å²) in [5, 5.41) is 8.89. The van der Waals surface area contributed by atoms with Gasteiger partial charge >= 0.3 is 5.97 Å². The van der Waals surface area contributed by atoms with Crippen LogP contribution in [-0.4, -0.2) is 26.6 Å². The lowest BCUT2D eigenvalue weighted by Gasteiger charge is -2.15. The van der Waals surface area contributed by atoms with Crippen LogP contribution in [0.15, 0.2) is 29.2 Å². The summed E-state index contributed by atoms with van der Waals surface area (Å²) in [6, 6.07) is 4.15. The van der Waals surface area contributed by atoms with Crippen LogP contribution in [0.1, 0.15) is 15.9 Å². The van der Waals surface area contributed by atoms with Crippen molar-refractivity contribution in [3.63, 3.8) is 0 Å². The molecule has 0 aromatic heterocycles. The van der Waals surface area contributed by atoms with Gasteiger partial charge in [0.15, 0.2) is 23.2 Å². The first-order valence-corrected chi connectivity index (χ1v) is 8.15. The van der Waals surface area contributed by atoms with E-state index in [1.807, 2.05) is 0 Å². The number of nitrogens with one attached hydrogen (secondary N) is 1. The quantitative estimate of drug-likeness (QED) is 0.838. The van der Waals surface area contributed by atoms with Crippen LogP contribution in [0.2, 0.25) is 0 Å². The predicted octanol–water partition coefficient (Wildman–Crippen LogP) is 2.92. The Kier molecular flexibility index (Phi) is 4.93. The third-order valence-electron chi connectivity index (χ3n) is 3.33. The molecule has 0 saturated heterocycles. The maximum atomic E-state index is 14.2. The molecule has 0 bridgehead atoms. The standard InChI is InChI=1S/C15H12F3NO5S/c1-7-10(16)13(12(18)14(24-2)11(7)17)19-25(22,23)9-5-3-4-8(6-9)15(20)21/h3-6,19H,1-2H3,(H,20,21). The van der Waals surface area contributed by atoms with E-state index < -0.39 is 55.3 Å². The lowest BCUT2D eigenvalue weighted by atomic mass is 10.1. The Morgan fingerprint density at radius 1 is 1.16 bits per heavy atom. The topological polar surface area (TPSA) is 92.7 Å². The SMILES string of the molecule is COc1c(F)c(C)c(F)c(NS(=O)(=O)c2cccc(C(=O)O)c2)c1F. The van der Waals surface area contributed by atoms with Gasteiger partial charge in [-0.05, 0) is 25.1 Å². The number of hydrogen-bond acceptors (Lipinski definition) is 4. The van der Waals surface area contributed by atoms with Crippen molar-refractivity contribution < 1.29 is 36.2 Å². The Bertz CT molecular complexity index is 960. The number of ether oxygens (including phenoxy) is 1. The van der Waals surface area contributed by atoms with E-state index in [-0.39, 0.29) is 5.56 Å². The van der Waals surface area contributed by atoms with Crippen LogP contribution in [0.25, 0.3) is 0 Å². The molecule has 134 valence electrons. The Morgan fingerprint density at radius 3 is 2.36 bits per heavy atom. The van der Waals surface area contributed by atoms with Crippen LogP contribution < -0.4 is 9.46 Å². The third-order valence-corrected chi connectivity index (χ3v) is 4.68. The molecule has 2 rings (SSSR count). The smallest absolute Gasteiger partial charge is 0.335 e. The second-order valence-electron chi connectivity index (χ2n) is 4.91. The van der Waals surface area contributed by atoms with Gasteiger partial charge in [-0.15, -0.1) is 0 Å². The highest BCUT2D eigenvalue weighted by Crippen LogP contribution is 2.34. The van der Waals surface area contributed by atoms with Gasteiger partial charge in [0, 0.05) is 5.56 Å². The Labute approximate surface area is 140 Å². The zero-order valence-corrected chi connectivity index (χ0v) is 13.7. The third kappa shape index (κ3) is 3.38. The number of carboxylic acid groups (broad SMARTS) is 1. The molecule has 2 aromatic rings. The molecule has 2 aromatic carbocycles. The molecular weight excluding hydrogens is 363 g/mol. The second kappa shape index (κ2) is 6.63. The zero-order chi connectivity index (χ0) is 18.9. The molecule has 25 heavy (non-hydrogen) atoms. The molecule has 0 aliphatic carbocycles. The number of methoxy groups -OCH3 is 1. The van der Waals surface area contributed by atoms with Crippen molar-refractivity contribution >= 4 is 21.7 Å². The first-order chi connectivity index (χ1) is 11.6. The molecule has 2 N–H and O–H groups in total. The van der Waals surface area contributed by atoms with Crippen LogP contribution in [-0.2, 0) is 10.0 Å². The fourth-order valence-electron chi connectivity index (χ4n) is 2.02. The lowest BCUT2D eigenvalue weighted by Crippen LogP contribution is -2.17. The van der Waals surface area contributed by atoms with Crippen molar-refractivity contribution in [2.45, 2.75) is 11.8 Å². The summed E-state index contributed by atoms with van der Waals surface area (Å²) in [4.78, 5) is 10.4. The van der Waals surface area contributed by atoms with Gasteiger partial charge in [0.2, 0.25) is 0 Å². The summed E-state index contributed by atoms with van der Waals surface area (Å²) >= 11 is 0. The maximum absolute atomic E-state index is 14.2. The number of sulfonamides is 1. The molecule has 0 amide bonds. The van der Waals surface area contributed by atoms with E-state index in [0.29, 0.717) is 0 Å². The molecule has 0 saturated carbocycles. The summed E-state index contributed by atoms with van der Waals surface area (Å²) in [6.07, 6.45) is 0. The van der Waals surface area contributed by atoms with Crippen molar-refractivity contribution in [2.24, 2.45) is 0 Å². The van der Waals surface area contributed by atoms with Crippen LogP contribution in [0, 0.1) is 24.4 Å². The van der Waals surface area contributed by atoms with Crippen molar-refractivity contribution in [3.05, 3.63) is 52.8 Å². The first-order valence-electron chi connectivity index (χ1n) is 6.67. The summed E-state index contributed by atoms with van der Waals surface area (Å²) in [5.74, 6) is -6.65. The van der Waals surface area contributed by atoms with E-state index in [1.54, 1.807) is 4.72 Å². The molecule has 6 nitrogen and oxygen atoms in total. The first kappa shape index (κ1) is 18.6. The molecule has 0 spiro atoms. The highest BCUT2D eigenvalue weighted by Gasteiger charge is 2.27. The van der Waals surface area contributed by atoms with Gasteiger partial charge in [-0.25, -0.2) is 26.4 Å². The van der Waals surface area contributed by atoms with Crippen LogP contribution in [0.5, 0.6) is 5.75 Å². The number of rotatable bonds is 5. The average molecular weight is 375 g/mol. The van der Waals surface area contributed by atoms with Crippen LogP contribution >= 0.6 is 0 Å². The Balaban J connectivity index is 2.57. The number of hydrogen-bond donors (Lipinski definition) is 2. The normalized spacial score (nSPS) is 11.2. The molecule has 10 heteroatoms. The number of carboxylic acids is 1. The largest absolute Gasteiger partial charge is 0.491 e. The van der Waals surface area contributed by atoms with Gasteiger partial charge < -0.3 is 9.84 Å². The van der Waals surface area contributed by atoms with Crippen molar-refractivity contribution in [3.8, 4) is 5.75 Å². The second-order valence-corrected chi connectivity index (χ2v) is 6.60. The Hall–Kier alpha value is -2.75. The molecule has 0 radical (unpaired) electrons. The van der Waals surface area contributed by atoms with Gasteiger partial charge in [0.05, 0.1) is 17.6 Å². The van der Waals surface area contributed by atoms with Crippen LogP contribution in [0.4, 0.5) is 18.9 Å². The molecule has 0 atom stereocenters. The van der Waals surface area contributed by atoms with E-state index in [2.05, 4.69) is 4.74 Å². The van der Waals surface area contributed by atoms with E-state index in [9.17, 15) is 26.4 Å². The zero-order valence-electron chi connectivity index (χ0n) is 12.9.